The average Bonchev–Trinajstić information content (AvgIpc) is 2.60. The summed E-state index contributed by atoms with van der Waals surface area (Å²) < 4.78 is 12.9. The van der Waals surface area contributed by atoms with Crippen LogP contribution in [0.4, 0.5) is 9.18 Å². The predicted molar refractivity (Wildman–Crippen MR) is 92.6 cm³/mol. The number of nitrogens with one attached hydrogen (secondary N) is 2. The van der Waals surface area contributed by atoms with Gasteiger partial charge in [0, 0.05) is 19.0 Å². The quantitative estimate of drug-likeness (QED) is 0.688. The van der Waals surface area contributed by atoms with Crippen LogP contribution in [0.1, 0.15) is 24.0 Å². The number of benzene rings is 2. The summed E-state index contributed by atoms with van der Waals surface area (Å²) >= 11 is 0. The van der Waals surface area contributed by atoms with Crippen LogP contribution < -0.4 is 10.6 Å². The Bertz CT molecular complexity index is 690. The second-order valence-electron chi connectivity index (χ2n) is 5.77. The van der Waals surface area contributed by atoms with Gasteiger partial charge in [-0.05, 0) is 36.1 Å². The third-order valence-corrected chi connectivity index (χ3v) is 3.73. The molecule has 3 N–H and O–H groups in total. The molecule has 0 bridgehead atoms. The SMILES string of the molecule is O=C(O)CCC(Cc1ccccc1)NC(=O)NCc1ccc(F)cc1. The molecule has 0 fully saturated rings. The van der Waals surface area contributed by atoms with Gasteiger partial charge >= 0.3 is 12.0 Å². The van der Waals surface area contributed by atoms with Crippen LogP contribution in [0.3, 0.4) is 0 Å². The fourth-order valence-corrected chi connectivity index (χ4v) is 2.44. The number of carbonyl (C=O) groups is 2. The van der Waals surface area contributed by atoms with Crippen molar-refractivity contribution >= 4 is 12.0 Å². The molecule has 5 nitrogen and oxygen atoms in total. The van der Waals surface area contributed by atoms with Gasteiger partial charge in [0.15, 0.2) is 0 Å². The molecule has 1 unspecified atom stereocenters. The topological polar surface area (TPSA) is 78.4 Å². The summed E-state index contributed by atoms with van der Waals surface area (Å²) in [5, 5.41) is 14.4. The molecule has 0 aromatic heterocycles. The molecule has 0 aliphatic heterocycles. The second kappa shape index (κ2) is 9.42. The Labute approximate surface area is 145 Å². The summed E-state index contributed by atoms with van der Waals surface area (Å²) in [7, 11) is 0. The van der Waals surface area contributed by atoms with E-state index in [4.69, 9.17) is 5.11 Å². The van der Waals surface area contributed by atoms with Gasteiger partial charge in [-0.3, -0.25) is 4.79 Å². The Balaban J connectivity index is 1.88. The zero-order valence-electron chi connectivity index (χ0n) is 13.7. The van der Waals surface area contributed by atoms with Gasteiger partial charge in [-0.2, -0.15) is 0 Å². The normalized spacial score (nSPS) is 11.6. The van der Waals surface area contributed by atoms with Crippen LogP contribution in [-0.2, 0) is 17.8 Å². The van der Waals surface area contributed by atoms with Crippen molar-refractivity contribution in [3.8, 4) is 0 Å². The summed E-state index contributed by atoms with van der Waals surface area (Å²) in [5.41, 5.74) is 1.80. The van der Waals surface area contributed by atoms with Crippen LogP contribution >= 0.6 is 0 Å². The molecule has 0 spiro atoms. The number of hydrogen-bond acceptors (Lipinski definition) is 2. The second-order valence-corrected chi connectivity index (χ2v) is 5.77. The Kier molecular flexibility index (Phi) is 6.95. The maximum atomic E-state index is 12.9. The van der Waals surface area contributed by atoms with Crippen LogP contribution in [0.5, 0.6) is 0 Å². The third kappa shape index (κ3) is 7.03. The highest BCUT2D eigenvalue weighted by Crippen LogP contribution is 2.08. The van der Waals surface area contributed by atoms with Crippen molar-refractivity contribution < 1.29 is 19.1 Å². The van der Waals surface area contributed by atoms with Gasteiger partial charge in [-0.15, -0.1) is 0 Å². The molecule has 2 rings (SSSR count). The smallest absolute Gasteiger partial charge is 0.315 e. The summed E-state index contributed by atoms with van der Waals surface area (Å²) in [5.74, 6) is -1.23. The van der Waals surface area contributed by atoms with E-state index < -0.39 is 5.97 Å². The molecule has 1 atom stereocenters. The van der Waals surface area contributed by atoms with E-state index in [0.29, 0.717) is 12.8 Å². The van der Waals surface area contributed by atoms with Crippen molar-refractivity contribution in [2.45, 2.75) is 31.8 Å². The molecule has 2 aromatic carbocycles. The number of halogens is 1. The number of carboxylic acid groups (broad SMARTS) is 1. The monoisotopic (exact) mass is 344 g/mol. The third-order valence-electron chi connectivity index (χ3n) is 3.73. The number of hydrogen-bond donors (Lipinski definition) is 3. The lowest BCUT2D eigenvalue weighted by molar-refractivity contribution is -0.137. The van der Waals surface area contributed by atoms with E-state index in [1.807, 2.05) is 30.3 Å². The van der Waals surface area contributed by atoms with E-state index in [-0.39, 0.29) is 30.9 Å². The summed E-state index contributed by atoms with van der Waals surface area (Å²) in [6.07, 6.45) is 0.877. The maximum Gasteiger partial charge on any atom is 0.315 e. The molecule has 0 aliphatic carbocycles. The first-order chi connectivity index (χ1) is 12.0. The van der Waals surface area contributed by atoms with Gasteiger partial charge in [0.05, 0.1) is 0 Å². The van der Waals surface area contributed by atoms with Crippen LogP contribution in [0, 0.1) is 5.82 Å². The molecule has 132 valence electrons. The van der Waals surface area contributed by atoms with E-state index in [1.54, 1.807) is 12.1 Å². The van der Waals surface area contributed by atoms with Gasteiger partial charge in [-0.25, -0.2) is 9.18 Å². The van der Waals surface area contributed by atoms with Gasteiger partial charge in [0.2, 0.25) is 0 Å². The lowest BCUT2D eigenvalue weighted by Crippen LogP contribution is -2.43. The van der Waals surface area contributed by atoms with Gasteiger partial charge < -0.3 is 15.7 Å². The van der Waals surface area contributed by atoms with Crippen LogP contribution in [-0.4, -0.2) is 23.1 Å². The summed E-state index contributed by atoms with van der Waals surface area (Å²) in [4.78, 5) is 22.9. The molecule has 0 saturated carbocycles. The van der Waals surface area contributed by atoms with Crippen LogP contribution in [0.25, 0.3) is 0 Å². The molecule has 2 aromatic rings. The lowest BCUT2D eigenvalue weighted by Gasteiger charge is -2.19. The largest absolute Gasteiger partial charge is 0.481 e. The predicted octanol–water partition coefficient (Wildman–Crippen LogP) is 3.10. The van der Waals surface area contributed by atoms with Crippen molar-refractivity contribution in [1.82, 2.24) is 10.6 Å². The zero-order chi connectivity index (χ0) is 18.1. The molecule has 0 aliphatic rings. The number of urea groups is 1. The zero-order valence-corrected chi connectivity index (χ0v) is 13.7. The fraction of sp³-hybridized carbons (Fsp3) is 0.263. The highest BCUT2D eigenvalue weighted by atomic mass is 19.1. The fourth-order valence-electron chi connectivity index (χ4n) is 2.44. The Hall–Kier alpha value is -2.89. The first-order valence-corrected chi connectivity index (χ1v) is 8.07. The van der Waals surface area contributed by atoms with Crippen LogP contribution in [0.15, 0.2) is 54.6 Å². The van der Waals surface area contributed by atoms with Crippen molar-refractivity contribution in [2.75, 3.05) is 0 Å². The molecule has 6 heteroatoms. The van der Waals surface area contributed by atoms with Crippen LogP contribution in [0.2, 0.25) is 0 Å². The number of carbonyl (C=O) groups excluding carboxylic acids is 1. The number of amides is 2. The van der Waals surface area contributed by atoms with Crippen molar-refractivity contribution in [1.29, 1.82) is 0 Å². The van der Waals surface area contributed by atoms with E-state index in [9.17, 15) is 14.0 Å². The first kappa shape index (κ1) is 18.4. The van der Waals surface area contributed by atoms with E-state index >= 15 is 0 Å². The Morgan fingerprint density at radius 1 is 1.00 bits per heavy atom. The summed E-state index contributed by atoms with van der Waals surface area (Å²) in [6, 6.07) is 14.8. The molecular weight excluding hydrogens is 323 g/mol. The first-order valence-electron chi connectivity index (χ1n) is 8.07. The van der Waals surface area contributed by atoms with Crippen molar-refractivity contribution in [2.24, 2.45) is 0 Å². The molecular formula is C19H21FN2O3. The highest BCUT2D eigenvalue weighted by Gasteiger charge is 2.14. The molecule has 0 heterocycles. The van der Waals surface area contributed by atoms with Gasteiger partial charge in [0.1, 0.15) is 5.82 Å². The van der Waals surface area contributed by atoms with E-state index in [2.05, 4.69) is 10.6 Å². The standard InChI is InChI=1S/C19H21FN2O3/c20-16-8-6-15(7-9-16)13-21-19(25)22-17(10-11-18(23)24)12-14-4-2-1-3-5-14/h1-9,17H,10-13H2,(H,23,24)(H2,21,22,25). The summed E-state index contributed by atoms with van der Waals surface area (Å²) in [6.45, 7) is 0.267. The van der Waals surface area contributed by atoms with Crippen molar-refractivity contribution in [3.63, 3.8) is 0 Å². The van der Waals surface area contributed by atoms with Crippen molar-refractivity contribution in [3.05, 3.63) is 71.5 Å². The number of aliphatic carboxylic acids is 1. The minimum atomic E-state index is -0.897. The van der Waals surface area contributed by atoms with Gasteiger partial charge in [0.25, 0.3) is 0 Å². The molecule has 0 radical (unpaired) electrons. The Morgan fingerprint density at radius 3 is 2.32 bits per heavy atom. The molecule has 2 amide bonds. The number of rotatable bonds is 8. The van der Waals surface area contributed by atoms with Gasteiger partial charge in [-0.1, -0.05) is 42.5 Å². The number of carboxylic acids is 1. The minimum Gasteiger partial charge on any atom is -0.481 e. The van der Waals surface area contributed by atoms with E-state index in [0.717, 1.165) is 11.1 Å². The molecule has 25 heavy (non-hydrogen) atoms. The van der Waals surface area contributed by atoms with E-state index in [1.165, 1.54) is 12.1 Å². The average molecular weight is 344 g/mol. The lowest BCUT2D eigenvalue weighted by atomic mass is 10.0. The highest BCUT2D eigenvalue weighted by molar-refractivity contribution is 5.74. The maximum absolute atomic E-state index is 12.9. The Morgan fingerprint density at radius 2 is 1.68 bits per heavy atom. The minimum absolute atomic E-state index is 0.0181. The molecule has 0 saturated heterocycles.